The fourth-order valence-corrected chi connectivity index (χ4v) is 5.04. The lowest BCUT2D eigenvalue weighted by Crippen LogP contribution is -2.30. The van der Waals surface area contributed by atoms with Crippen molar-refractivity contribution in [3.63, 3.8) is 0 Å². The number of nitrogens with zero attached hydrogens (tertiary/aromatic N) is 3. The molecule has 1 aliphatic heterocycles. The Balaban J connectivity index is 1.40. The van der Waals surface area contributed by atoms with Gasteiger partial charge in [-0.15, -0.1) is 0 Å². The third kappa shape index (κ3) is 4.23. The minimum atomic E-state index is -0.115. The number of hydrogen-bond donors (Lipinski definition) is 1. The van der Waals surface area contributed by atoms with Crippen LogP contribution in [0.3, 0.4) is 0 Å². The summed E-state index contributed by atoms with van der Waals surface area (Å²) >= 11 is 5.89. The second kappa shape index (κ2) is 9.68. The Bertz CT molecular complexity index is 1450. The number of anilines is 1. The number of ether oxygens (including phenoxy) is 1. The summed E-state index contributed by atoms with van der Waals surface area (Å²) in [6, 6.07) is 38.2. The first-order valence-electron chi connectivity index (χ1n) is 11.8. The maximum atomic E-state index is 6.01. The van der Waals surface area contributed by atoms with Gasteiger partial charge in [-0.25, -0.2) is 0 Å². The summed E-state index contributed by atoms with van der Waals surface area (Å²) in [6.45, 7) is 0. The van der Waals surface area contributed by atoms with Gasteiger partial charge in [0.1, 0.15) is 17.5 Å². The lowest BCUT2D eigenvalue weighted by molar-refractivity contribution is 0.482. The molecule has 1 aliphatic rings. The van der Waals surface area contributed by atoms with Crippen LogP contribution in [-0.4, -0.2) is 14.7 Å². The smallest absolute Gasteiger partial charge is 0.174 e. The van der Waals surface area contributed by atoms with Gasteiger partial charge >= 0.3 is 0 Å². The summed E-state index contributed by atoms with van der Waals surface area (Å²) in [7, 11) is 0. The highest BCUT2D eigenvalue weighted by molar-refractivity contribution is 7.80. The molecule has 1 fully saturated rings. The van der Waals surface area contributed by atoms with Crippen LogP contribution in [0.25, 0.3) is 5.69 Å². The van der Waals surface area contributed by atoms with Gasteiger partial charge in [0.15, 0.2) is 5.11 Å². The van der Waals surface area contributed by atoms with Crippen LogP contribution in [0, 0.1) is 0 Å². The van der Waals surface area contributed by atoms with E-state index < -0.39 is 0 Å². The molecule has 1 N–H and O–H groups in total. The molecule has 0 saturated carbocycles. The molecule has 3 heterocycles. The summed E-state index contributed by atoms with van der Waals surface area (Å²) in [5, 5.41) is 4.20. The molecule has 0 spiro atoms. The van der Waals surface area contributed by atoms with Crippen LogP contribution in [0.5, 0.6) is 11.5 Å². The van der Waals surface area contributed by atoms with E-state index in [2.05, 4.69) is 74.5 Å². The van der Waals surface area contributed by atoms with Crippen molar-refractivity contribution in [1.29, 1.82) is 0 Å². The topological polar surface area (TPSA) is 42.3 Å². The second-order valence-electron chi connectivity index (χ2n) is 8.54. The van der Waals surface area contributed by atoms with E-state index in [1.807, 2.05) is 72.9 Å². The molecule has 2 atom stereocenters. The molecule has 5 nitrogen and oxygen atoms in total. The number of aromatic nitrogens is 2. The SMILES string of the molecule is S=C1N[C@H](c2ccccn2)[C@@H](c2cccn2-c2ccccc2)N1c1ccc(Oc2ccccc2)cc1. The summed E-state index contributed by atoms with van der Waals surface area (Å²) < 4.78 is 8.23. The molecule has 5 aromatic rings. The number of rotatable bonds is 6. The fraction of sp³-hybridized carbons (Fsp3) is 0.0667. The van der Waals surface area contributed by atoms with Gasteiger partial charge in [0, 0.05) is 29.5 Å². The molecule has 36 heavy (non-hydrogen) atoms. The van der Waals surface area contributed by atoms with E-state index in [-0.39, 0.29) is 12.1 Å². The summed E-state index contributed by atoms with van der Waals surface area (Å²) in [6.07, 6.45) is 3.92. The number of nitrogens with one attached hydrogen (secondary N) is 1. The minimum absolute atomic E-state index is 0.108. The Hall–Kier alpha value is -4.42. The normalized spacial score (nSPS) is 17.1. The highest BCUT2D eigenvalue weighted by atomic mass is 32.1. The maximum absolute atomic E-state index is 6.01. The second-order valence-corrected chi connectivity index (χ2v) is 8.93. The van der Waals surface area contributed by atoms with E-state index in [9.17, 15) is 0 Å². The van der Waals surface area contributed by atoms with Crippen molar-refractivity contribution in [3.8, 4) is 17.2 Å². The Morgan fingerprint density at radius 1 is 0.694 bits per heavy atom. The van der Waals surface area contributed by atoms with Crippen molar-refractivity contribution >= 4 is 23.0 Å². The van der Waals surface area contributed by atoms with Gasteiger partial charge in [0.05, 0.1) is 11.7 Å². The molecule has 6 heteroatoms. The molecule has 0 aliphatic carbocycles. The minimum Gasteiger partial charge on any atom is -0.457 e. The van der Waals surface area contributed by atoms with Gasteiger partial charge in [-0.1, -0.05) is 42.5 Å². The van der Waals surface area contributed by atoms with Crippen LogP contribution >= 0.6 is 12.2 Å². The molecule has 0 unspecified atom stereocenters. The molecule has 0 radical (unpaired) electrons. The highest BCUT2D eigenvalue weighted by Crippen LogP contribution is 2.42. The van der Waals surface area contributed by atoms with Gasteiger partial charge in [0.2, 0.25) is 0 Å². The third-order valence-electron chi connectivity index (χ3n) is 6.31. The Kier molecular flexibility index (Phi) is 5.93. The average molecular weight is 489 g/mol. The zero-order chi connectivity index (χ0) is 24.3. The van der Waals surface area contributed by atoms with Gasteiger partial charge in [-0.05, 0) is 85.0 Å². The summed E-state index contributed by atoms with van der Waals surface area (Å²) in [5.41, 5.74) is 4.14. The van der Waals surface area contributed by atoms with Gasteiger partial charge in [0.25, 0.3) is 0 Å². The fourth-order valence-electron chi connectivity index (χ4n) is 4.69. The lowest BCUT2D eigenvalue weighted by Gasteiger charge is -2.29. The third-order valence-corrected chi connectivity index (χ3v) is 6.62. The van der Waals surface area contributed by atoms with Crippen molar-refractivity contribution in [2.75, 3.05) is 4.90 Å². The van der Waals surface area contributed by atoms with Crippen LogP contribution in [0.15, 0.2) is 128 Å². The van der Waals surface area contributed by atoms with E-state index >= 15 is 0 Å². The summed E-state index contributed by atoms with van der Waals surface area (Å²) in [5.74, 6) is 1.57. The van der Waals surface area contributed by atoms with Crippen molar-refractivity contribution in [2.24, 2.45) is 0 Å². The predicted octanol–water partition coefficient (Wildman–Crippen LogP) is 6.84. The molecule has 6 rings (SSSR count). The molecule has 0 bridgehead atoms. The lowest BCUT2D eigenvalue weighted by atomic mass is 10.0. The van der Waals surface area contributed by atoms with Crippen LogP contribution in [0.2, 0.25) is 0 Å². The molecule has 3 aromatic carbocycles. The monoisotopic (exact) mass is 488 g/mol. The van der Waals surface area contributed by atoms with E-state index in [1.165, 1.54) is 0 Å². The van der Waals surface area contributed by atoms with E-state index in [4.69, 9.17) is 17.0 Å². The number of para-hydroxylation sites is 2. The molecular formula is C30H24N4OS. The Labute approximate surface area is 215 Å². The first-order chi connectivity index (χ1) is 17.8. The van der Waals surface area contributed by atoms with Crippen molar-refractivity contribution in [2.45, 2.75) is 12.1 Å². The van der Waals surface area contributed by atoms with Crippen LogP contribution in [-0.2, 0) is 0 Å². The largest absolute Gasteiger partial charge is 0.457 e. The Morgan fingerprint density at radius 2 is 1.39 bits per heavy atom. The predicted molar refractivity (Wildman–Crippen MR) is 147 cm³/mol. The number of thiocarbonyl (C=S) groups is 1. The van der Waals surface area contributed by atoms with Crippen molar-refractivity contribution in [3.05, 3.63) is 139 Å². The van der Waals surface area contributed by atoms with E-state index in [1.54, 1.807) is 0 Å². The van der Waals surface area contributed by atoms with Gasteiger partial charge in [-0.2, -0.15) is 0 Å². The quantitative estimate of drug-likeness (QED) is 0.265. The van der Waals surface area contributed by atoms with E-state index in [0.29, 0.717) is 5.11 Å². The zero-order valence-corrected chi connectivity index (χ0v) is 20.3. The van der Waals surface area contributed by atoms with Crippen LogP contribution < -0.4 is 15.0 Å². The zero-order valence-electron chi connectivity index (χ0n) is 19.4. The summed E-state index contributed by atoms with van der Waals surface area (Å²) in [4.78, 5) is 6.85. The van der Waals surface area contributed by atoms with Crippen molar-refractivity contribution < 1.29 is 4.74 Å². The number of pyridine rings is 1. The van der Waals surface area contributed by atoms with Crippen LogP contribution in [0.1, 0.15) is 23.5 Å². The van der Waals surface area contributed by atoms with E-state index in [0.717, 1.165) is 34.3 Å². The molecule has 0 amide bonds. The number of benzene rings is 3. The van der Waals surface area contributed by atoms with Crippen LogP contribution in [0.4, 0.5) is 5.69 Å². The maximum Gasteiger partial charge on any atom is 0.174 e. The first kappa shape index (κ1) is 22.1. The van der Waals surface area contributed by atoms with Gasteiger partial charge in [-0.3, -0.25) is 4.98 Å². The average Bonchev–Trinajstić information content (AvgIpc) is 3.55. The number of hydrogen-bond acceptors (Lipinski definition) is 3. The molecular weight excluding hydrogens is 464 g/mol. The van der Waals surface area contributed by atoms with Gasteiger partial charge < -0.3 is 19.5 Å². The molecule has 1 saturated heterocycles. The first-order valence-corrected chi connectivity index (χ1v) is 12.2. The Morgan fingerprint density at radius 3 is 2.11 bits per heavy atom. The molecule has 176 valence electrons. The molecule has 2 aromatic heterocycles. The standard InChI is InChI=1S/C30H24N4OS/c36-30-32-28(26-14-7-8-20-31-26)29(27-15-9-21-33(27)22-10-3-1-4-11-22)34(30)23-16-18-25(19-17-23)35-24-12-5-2-6-13-24/h1-21,28-29H,(H,32,36)/t28-,29-/m1/s1. The highest BCUT2D eigenvalue weighted by Gasteiger charge is 2.42. The van der Waals surface area contributed by atoms with Crippen molar-refractivity contribution in [1.82, 2.24) is 14.9 Å².